The second-order valence-electron chi connectivity index (χ2n) is 5.10. The lowest BCUT2D eigenvalue weighted by atomic mass is 10.2. The highest BCUT2D eigenvalue weighted by Crippen LogP contribution is 1.98. The molecule has 0 bridgehead atoms. The smallest absolute Gasteiger partial charge is 0.241 e. The number of hydrogen-bond donors (Lipinski definition) is 2. The fourth-order valence-electron chi connectivity index (χ4n) is 1.64. The van der Waals surface area contributed by atoms with Crippen LogP contribution in [0.5, 0.6) is 0 Å². The number of anilines is 1. The van der Waals surface area contributed by atoms with Crippen molar-refractivity contribution in [2.45, 2.75) is 39.3 Å². The van der Waals surface area contributed by atoms with Gasteiger partial charge >= 0.3 is 0 Å². The molecule has 1 aromatic heterocycles. The predicted octanol–water partition coefficient (Wildman–Crippen LogP) is 0.702. The number of nitrogens with one attached hydrogen (secondary N) is 1. The Balaban J connectivity index is 2.08. The Labute approximate surface area is 114 Å². The lowest BCUT2D eigenvalue weighted by Gasteiger charge is -2.20. The first-order valence-electron chi connectivity index (χ1n) is 6.74. The van der Waals surface area contributed by atoms with Gasteiger partial charge in [0.2, 0.25) is 5.91 Å². The summed E-state index contributed by atoms with van der Waals surface area (Å²) in [6.45, 7) is 6.35. The average Bonchev–Trinajstić information content (AvgIpc) is 2.73. The number of carbonyl (C=O) groups is 1. The van der Waals surface area contributed by atoms with E-state index in [1.807, 2.05) is 0 Å². The Kier molecular flexibility index (Phi) is 6.35. The molecule has 1 amide bonds. The van der Waals surface area contributed by atoms with Crippen LogP contribution in [-0.2, 0) is 11.3 Å². The Morgan fingerprint density at radius 3 is 2.84 bits per heavy atom. The Bertz CT molecular complexity index is 388. The van der Waals surface area contributed by atoms with E-state index in [1.165, 1.54) is 10.9 Å². The molecule has 6 nitrogen and oxygen atoms in total. The molecule has 3 N–H and O–H groups in total. The van der Waals surface area contributed by atoms with Crippen LogP contribution in [0.4, 0.5) is 5.69 Å². The van der Waals surface area contributed by atoms with Crippen LogP contribution >= 0.6 is 0 Å². The maximum absolute atomic E-state index is 11.6. The van der Waals surface area contributed by atoms with Crippen molar-refractivity contribution in [3.8, 4) is 0 Å². The van der Waals surface area contributed by atoms with Crippen LogP contribution in [0.2, 0.25) is 0 Å². The summed E-state index contributed by atoms with van der Waals surface area (Å²) in [6, 6.07) is 0.569. The molecular formula is C13H25N5O. The number of nitrogens with two attached hydrogens (primary N) is 1. The van der Waals surface area contributed by atoms with Gasteiger partial charge in [-0.3, -0.25) is 9.48 Å². The molecule has 19 heavy (non-hydrogen) atoms. The average molecular weight is 267 g/mol. The molecule has 1 aromatic rings. The standard InChI is InChI=1S/C13H25N5O/c1-11(2)17(3)7-5-4-6-15-13(19)10-18-9-12(14)8-16-18/h8-9,11H,4-7,10,14H2,1-3H3,(H,15,19). The van der Waals surface area contributed by atoms with Crippen molar-refractivity contribution in [2.24, 2.45) is 0 Å². The zero-order valence-electron chi connectivity index (χ0n) is 12.1. The summed E-state index contributed by atoms with van der Waals surface area (Å²) in [5.41, 5.74) is 6.10. The van der Waals surface area contributed by atoms with Gasteiger partial charge in [-0.2, -0.15) is 5.10 Å². The van der Waals surface area contributed by atoms with Crippen molar-refractivity contribution in [1.82, 2.24) is 20.0 Å². The van der Waals surface area contributed by atoms with E-state index in [0.717, 1.165) is 19.4 Å². The van der Waals surface area contributed by atoms with E-state index < -0.39 is 0 Å². The summed E-state index contributed by atoms with van der Waals surface area (Å²) in [5, 5.41) is 6.85. The van der Waals surface area contributed by atoms with E-state index in [0.29, 0.717) is 18.3 Å². The molecule has 0 aliphatic rings. The van der Waals surface area contributed by atoms with Crippen molar-refractivity contribution in [3.05, 3.63) is 12.4 Å². The molecule has 108 valence electrons. The first-order valence-corrected chi connectivity index (χ1v) is 6.74. The number of nitrogens with zero attached hydrogens (tertiary/aromatic N) is 3. The second kappa shape index (κ2) is 7.78. The Morgan fingerprint density at radius 1 is 1.53 bits per heavy atom. The molecule has 1 rings (SSSR count). The summed E-state index contributed by atoms with van der Waals surface area (Å²) in [4.78, 5) is 13.9. The molecule has 0 aliphatic heterocycles. The van der Waals surface area contributed by atoms with Crippen LogP contribution in [0.1, 0.15) is 26.7 Å². The normalized spacial score (nSPS) is 11.2. The van der Waals surface area contributed by atoms with E-state index >= 15 is 0 Å². The Hall–Kier alpha value is -1.56. The van der Waals surface area contributed by atoms with E-state index in [-0.39, 0.29) is 12.5 Å². The van der Waals surface area contributed by atoms with Crippen LogP contribution in [0, 0.1) is 0 Å². The summed E-state index contributed by atoms with van der Waals surface area (Å²) in [7, 11) is 2.12. The molecule has 0 spiro atoms. The minimum Gasteiger partial charge on any atom is -0.396 e. The van der Waals surface area contributed by atoms with Crippen LogP contribution in [-0.4, -0.2) is 46.8 Å². The molecule has 0 radical (unpaired) electrons. The summed E-state index contributed by atoms with van der Waals surface area (Å²) in [5.74, 6) is -0.0275. The van der Waals surface area contributed by atoms with Crippen molar-refractivity contribution in [2.75, 3.05) is 25.9 Å². The second-order valence-corrected chi connectivity index (χ2v) is 5.10. The minimum absolute atomic E-state index is 0.0275. The quantitative estimate of drug-likeness (QED) is 0.680. The first kappa shape index (κ1) is 15.5. The predicted molar refractivity (Wildman–Crippen MR) is 76.6 cm³/mol. The first-order chi connectivity index (χ1) is 8.99. The molecular weight excluding hydrogens is 242 g/mol. The number of nitrogen functional groups attached to an aromatic ring is 1. The van der Waals surface area contributed by atoms with Gasteiger partial charge in [-0.05, 0) is 40.3 Å². The molecule has 0 saturated heterocycles. The third-order valence-electron chi connectivity index (χ3n) is 3.10. The maximum Gasteiger partial charge on any atom is 0.241 e. The van der Waals surface area contributed by atoms with E-state index in [1.54, 1.807) is 6.20 Å². The van der Waals surface area contributed by atoms with Crippen LogP contribution < -0.4 is 11.1 Å². The van der Waals surface area contributed by atoms with Gasteiger partial charge in [0.15, 0.2) is 0 Å². The summed E-state index contributed by atoms with van der Waals surface area (Å²) >= 11 is 0. The molecule has 0 aliphatic carbocycles. The highest BCUT2D eigenvalue weighted by atomic mass is 16.2. The van der Waals surface area contributed by atoms with Crippen molar-refractivity contribution < 1.29 is 4.79 Å². The van der Waals surface area contributed by atoms with Crippen LogP contribution in [0.3, 0.4) is 0 Å². The maximum atomic E-state index is 11.6. The zero-order valence-corrected chi connectivity index (χ0v) is 12.1. The van der Waals surface area contributed by atoms with Gasteiger partial charge in [-0.15, -0.1) is 0 Å². The fraction of sp³-hybridized carbons (Fsp3) is 0.692. The van der Waals surface area contributed by atoms with Gasteiger partial charge in [0.1, 0.15) is 6.54 Å². The topological polar surface area (TPSA) is 76.2 Å². The van der Waals surface area contributed by atoms with Gasteiger partial charge < -0.3 is 16.0 Å². The largest absolute Gasteiger partial charge is 0.396 e. The van der Waals surface area contributed by atoms with E-state index in [4.69, 9.17) is 5.73 Å². The monoisotopic (exact) mass is 267 g/mol. The lowest BCUT2D eigenvalue weighted by molar-refractivity contribution is -0.121. The summed E-state index contributed by atoms with van der Waals surface area (Å²) < 4.78 is 1.54. The molecule has 0 atom stereocenters. The number of rotatable bonds is 8. The number of aromatic nitrogens is 2. The van der Waals surface area contributed by atoms with Gasteiger partial charge in [0, 0.05) is 18.8 Å². The molecule has 6 heteroatoms. The number of carbonyl (C=O) groups excluding carboxylic acids is 1. The molecule has 0 unspecified atom stereocenters. The van der Waals surface area contributed by atoms with Crippen LogP contribution in [0.25, 0.3) is 0 Å². The number of unbranched alkanes of at least 4 members (excludes halogenated alkanes) is 1. The van der Waals surface area contributed by atoms with Crippen molar-refractivity contribution in [1.29, 1.82) is 0 Å². The lowest BCUT2D eigenvalue weighted by Crippen LogP contribution is -2.30. The van der Waals surface area contributed by atoms with Gasteiger partial charge in [-0.25, -0.2) is 0 Å². The SMILES string of the molecule is CC(C)N(C)CCCCNC(=O)Cn1cc(N)cn1. The number of amides is 1. The highest BCUT2D eigenvalue weighted by molar-refractivity contribution is 5.75. The van der Waals surface area contributed by atoms with Gasteiger partial charge in [0.25, 0.3) is 0 Å². The van der Waals surface area contributed by atoms with Gasteiger partial charge in [-0.1, -0.05) is 0 Å². The van der Waals surface area contributed by atoms with E-state index in [9.17, 15) is 4.79 Å². The molecule has 0 saturated carbocycles. The molecule has 0 fully saturated rings. The van der Waals surface area contributed by atoms with Crippen molar-refractivity contribution >= 4 is 11.6 Å². The third kappa shape index (κ3) is 6.24. The third-order valence-corrected chi connectivity index (χ3v) is 3.10. The summed E-state index contributed by atoms with van der Waals surface area (Å²) in [6.07, 6.45) is 5.26. The molecule has 1 heterocycles. The number of hydrogen-bond acceptors (Lipinski definition) is 4. The fourth-order valence-corrected chi connectivity index (χ4v) is 1.64. The van der Waals surface area contributed by atoms with Crippen LogP contribution in [0.15, 0.2) is 12.4 Å². The molecule has 0 aromatic carbocycles. The van der Waals surface area contributed by atoms with Crippen molar-refractivity contribution in [3.63, 3.8) is 0 Å². The minimum atomic E-state index is -0.0275. The Morgan fingerprint density at radius 2 is 2.26 bits per heavy atom. The van der Waals surface area contributed by atoms with E-state index in [2.05, 4.69) is 36.2 Å². The zero-order chi connectivity index (χ0) is 14.3. The highest BCUT2D eigenvalue weighted by Gasteiger charge is 2.04. The van der Waals surface area contributed by atoms with Gasteiger partial charge in [0.05, 0.1) is 11.9 Å².